The van der Waals surface area contributed by atoms with Gasteiger partial charge in [-0.15, -0.1) is 12.3 Å². The molecule has 1 N–H and O–H groups in total. The van der Waals surface area contributed by atoms with E-state index in [-0.39, 0.29) is 13.0 Å². The number of ether oxygens (including phenoxy) is 2. The third-order valence-electron chi connectivity index (χ3n) is 1.84. The molecule has 0 aromatic carbocycles. The summed E-state index contributed by atoms with van der Waals surface area (Å²) in [7, 11) is 0. The molecule has 0 amide bonds. The lowest BCUT2D eigenvalue weighted by Crippen LogP contribution is -2.32. The van der Waals surface area contributed by atoms with Crippen molar-refractivity contribution in [2.75, 3.05) is 6.61 Å². The molecule has 1 rings (SSSR count). The van der Waals surface area contributed by atoms with Crippen molar-refractivity contribution in [1.29, 1.82) is 0 Å². The molecule has 0 bridgehead atoms. The van der Waals surface area contributed by atoms with Crippen LogP contribution in [-0.2, 0) is 25.3 Å². The first kappa shape index (κ1) is 11.3. The smallest absolute Gasteiger partial charge is 0.215 e. The van der Waals surface area contributed by atoms with Crippen LogP contribution in [0.4, 0.5) is 0 Å². The van der Waals surface area contributed by atoms with Crippen LogP contribution in [0.1, 0.15) is 6.42 Å². The second kappa shape index (κ2) is 5.22. The fourth-order valence-corrected chi connectivity index (χ4v) is 1.80. The maximum Gasteiger partial charge on any atom is 0.215 e. The summed E-state index contributed by atoms with van der Waals surface area (Å²) >= 11 is -2.07. The minimum Gasteiger partial charge on any atom is -0.343 e. The SMILES string of the molecule is C#CCC(C1COC(C=O)O1)S(=O)O. The third kappa shape index (κ3) is 2.62. The Balaban J connectivity index is 2.58. The molecular weight excluding hydrogens is 208 g/mol. The summed E-state index contributed by atoms with van der Waals surface area (Å²) in [5.74, 6) is 2.28. The van der Waals surface area contributed by atoms with Crippen molar-refractivity contribution in [3.05, 3.63) is 0 Å². The van der Waals surface area contributed by atoms with E-state index in [4.69, 9.17) is 20.4 Å². The highest BCUT2D eigenvalue weighted by molar-refractivity contribution is 7.80. The molecule has 1 aliphatic heterocycles. The topological polar surface area (TPSA) is 72.8 Å². The Hall–Kier alpha value is -0.740. The van der Waals surface area contributed by atoms with Gasteiger partial charge in [-0.2, -0.15) is 0 Å². The van der Waals surface area contributed by atoms with Crippen LogP contribution < -0.4 is 0 Å². The van der Waals surface area contributed by atoms with E-state index in [0.29, 0.717) is 6.29 Å². The minimum atomic E-state index is -2.07. The molecule has 6 heteroatoms. The van der Waals surface area contributed by atoms with E-state index in [2.05, 4.69) is 5.92 Å². The summed E-state index contributed by atoms with van der Waals surface area (Å²) in [5, 5.41) is -0.704. The van der Waals surface area contributed by atoms with Gasteiger partial charge in [-0.05, 0) is 0 Å². The minimum absolute atomic E-state index is 0.113. The molecular formula is C8H10O5S. The summed E-state index contributed by atoms with van der Waals surface area (Å²) in [6.07, 6.45) is 4.12. The molecule has 5 nitrogen and oxygen atoms in total. The molecule has 0 radical (unpaired) electrons. The van der Waals surface area contributed by atoms with Gasteiger partial charge in [-0.3, -0.25) is 4.79 Å². The lowest BCUT2D eigenvalue weighted by Gasteiger charge is -2.15. The Morgan fingerprint density at radius 2 is 2.50 bits per heavy atom. The maximum atomic E-state index is 10.9. The van der Waals surface area contributed by atoms with Crippen LogP contribution in [0.3, 0.4) is 0 Å². The Morgan fingerprint density at radius 1 is 1.79 bits per heavy atom. The lowest BCUT2D eigenvalue weighted by atomic mass is 10.2. The first-order valence-corrected chi connectivity index (χ1v) is 5.11. The zero-order chi connectivity index (χ0) is 10.6. The summed E-state index contributed by atoms with van der Waals surface area (Å²) in [4.78, 5) is 10.3. The van der Waals surface area contributed by atoms with Crippen molar-refractivity contribution >= 4 is 17.4 Å². The van der Waals surface area contributed by atoms with Crippen molar-refractivity contribution in [3.63, 3.8) is 0 Å². The molecule has 1 fully saturated rings. The summed E-state index contributed by atoms with van der Waals surface area (Å²) in [5.41, 5.74) is 0. The summed E-state index contributed by atoms with van der Waals surface area (Å²) in [6, 6.07) is 0. The van der Waals surface area contributed by atoms with E-state index in [0.717, 1.165) is 0 Å². The number of hydrogen-bond acceptors (Lipinski definition) is 4. The molecule has 1 saturated heterocycles. The van der Waals surface area contributed by atoms with E-state index in [1.807, 2.05) is 0 Å². The first-order valence-electron chi connectivity index (χ1n) is 3.94. The first-order chi connectivity index (χ1) is 6.69. The molecule has 0 saturated carbocycles. The predicted octanol–water partition coefficient (Wildman–Crippen LogP) is -0.460. The number of aldehydes is 1. The molecule has 1 aliphatic rings. The molecule has 0 aliphatic carbocycles. The second-order valence-corrected chi connectivity index (χ2v) is 3.89. The van der Waals surface area contributed by atoms with Gasteiger partial charge < -0.3 is 14.0 Å². The van der Waals surface area contributed by atoms with Crippen LogP contribution >= 0.6 is 0 Å². The van der Waals surface area contributed by atoms with Crippen molar-refractivity contribution in [2.24, 2.45) is 0 Å². The number of terminal acetylenes is 1. The average molecular weight is 218 g/mol. The Labute approximate surface area is 84.1 Å². The van der Waals surface area contributed by atoms with E-state index >= 15 is 0 Å². The zero-order valence-electron chi connectivity index (χ0n) is 7.29. The van der Waals surface area contributed by atoms with Gasteiger partial charge >= 0.3 is 0 Å². The van der Waals surface area contributed by atoms with Crippen LogP contribution in [0.2, 0.25) is 0 Å². The molecule has 4 atom stereocenters. The van der Waals surface area contributed by atoms with Gasteiger partial charge in [0.1, 0.15) is 6.10 Å². The van der Waals surface area contributed by atoms with E-state index < -0.39 is 28.7 Å². The van der Waals surface area contributed by atoms with Crippen LogP contribution in [0.15, 0.2) is 0 Å². The van der Waals surface area contributed by atoms with Gasteiger partial charge in [0.25, 0.3) is 0 Å². The largest absolute Gasteiger partial charge is 0.343 e. The third-order valence-corrected chi connectivity index (χ3v) is 2.83. The summed E-state index contributed by atoms with van der Waals surface area (Å²) < 4.78 is 29.7. The molecule has 78 valence electrons. The lowest BCUT2D eigenvalue weighted by molar-refractivity contribution is -0.132. The van der Waals surface area contributed by atoms with Crippen molar-refractivity contribution < 1.29 is 23.0 Å². The molecule has 0 aromatic rings. The molecule has 0 spiro atoms. The van der Waals surface area contributed by atoms with Gasteiger partial charge in [0, 0.05) is 6.42 Å². The Kier molecular flexibility index (Phi) is 4.22. The fourth-order valence-electron chi connectivity index (χ4n) is 1.16. The van der Waals surface area contributed by atoms with E-state index in [9.17, 15) is 9.00 Å². The maximum absolute atomic E-state index is 10.9. The highest BCUT2D eigenvalue weighted by atomic mass is 32.2. The number of carbonyl (C=O) groups is 1. The standard InChI is InChI=1S/C8H10O5S/c1-2-3-7(14(10)11)6-5-12-8(4-9)13-6/h1,4,6-8H,3,5H2,(H,10,11). The number of hydrogen-bond donors (Lipinski definition) is 1. The Morgan fingerprint density at radius 3 is 2.93 bits per heavy atom. The molecule has 0 aromatic heterocycles. The second-order valence-electron chi connectivity index (χ2n) is 2.74. The molecule has 1 heterocycles. The number of carbonyl (C=O) groups excluding carboxylic acids is 1. The van der Waals surface area contributed by atoms with Gasteiger partial charge in [-0.1, -0.05) is 0 Å². The van der Waals surface area contributed by atoms with Crippen molar-refractivity contribution in [1.82, 2.24) is 0 Å². The number of rotatable bonds is 4. The van der Waals surface area contributed by atoms with E-state index in [1.165, 1.54) is 0 Å². The van der Waals surface area contributed by atoms with Crippen LogP contribution in [0, 0.1) is 12.3 Å². The normalized spacial score (nSPS) is 30.6. The van der Waals surface area contributed by atoms with Gasteiger partial charge in [-0.25, -0.2) is 4.21 Å². The van der Waals surface area contributed by atoms with Crippen molar-refractivity contribution in [2.45, 2.75) is 24.1 Å². The molecule has 4 unspecified atom stereocenters. The zero-order valence-corrected chi connectivity index (χ0v) is 8.11. The quantitative estimate of drug-likeness (QED) is 0.393. The average Bonchev–Trinajstić information content (AvgIpc) is 2.61. The molecule has 14 heavy (non-hydrogen) atoms. The van der Waals surface area contributed by atoms with Crippen LogP contribution in [0.25, 0.3) is 0 Å². The van der Waals surface area contributed by atoms with Gasteiger partial charge in [0.15, 0.2) is 17.4 Å². The summed E-state index contributed by atoms with van der Waals surface area (Å²) in [6.45, 7) is 0.113. The highest BCUT2D eigenvalue weighted by Crippen LogP contribution is 2.18. The predicted molar refractivity (Wildman–Crippen MR) is 48.7 cm³/mol. The van der Waals surface area contributed by atoms with Gasteiger partial charge in [0.2, 0.25) is 6.29 Å². The monoisotopic (exact) mass is 218 g/mol. The van der Waals surface area contributed by atoms with Crippen molar-refractivity contribution in [3.8, 4) is 12.3 Å². The van der Waals surface area contributed by atoms with Gasteiger partial charge in [0.05, 0.1) is 11.9 Å². The fraction of sp³-hybridized carbons (Fsp3) is 0.625. The Bertz CT molecular complexity index is 271. The van der Waals surface area contributed by atoms with E-state index in [1.54, 1.807) is 0 Å². The van der Waals surface area contributed by atoms with Crippen LogP contribution in [-0.4, -0.2) is 39.3 Å². The van der Waals surface area contributed by atoms with Crippen LogP contribution in [0.5, 0.6) is 0 Å². The highest BCUT2D eigenvalue weighted by Gasteiger charge is 2.35.